The van der Waals surface area contributed by atoms with Gasteiger partial charge in [0.1, 0.15) is 0 Å². The summed E-state index contributed by atoms with van der Waals surface area (Å²) < 4.78 is 8.03. The Labute approximate surface area is 278 Å². The van der Waals surface area contributed by atoms with Crippen molar-refractivity contribution in [2.75, 3.05) is 18.6 Å². The van der Waals surface area contributed by atoms with E-state index in [1.165, 1.54) is 62.0 Å². The first-order valence-corrected chi connectivity index (χ1v) is 20.6. The van der Waals surface area contributed by atoms with E-state index in [0.717, 1.165) is 6.67 Å². The quantitative estimate of drug-likeness (QED) is 0.204. The average molecular weight is 669 g/mol. The number of rotatable bonds is 4. The van der Waals surface area contributed by atoms with Gasteiger partial charge in [-0.15, -0.1) is 0 Å². The van der Waals surface area contributed by atoms with Crippen LogP contribution in [0, 0.1) is 0 Å². The van der Waals surface area contributed by atoms with Gasteiger partial charge in [0.05, 0.1) is 0 Å². The summed E-state index contributed by atoms with van der Waals surface area (Å²) in [6, 6.07) is 50.0. The molecule has 0 saturated heterocycles. The molecular weight excluding hydrogens is 633 g/mol. The van der Waals surface area contributed by atoms with Gasteiger partial charge in [0.15, 0.2) is 0 Å². The molecule has 0 spiro atoms. The van der Waals surface area contributed by atoms with Crippen molar-refractivity contribution in [1.82, 2.24) is 14.5 Å². The molecule has 0 aliphatic carbocycles. The molecule has 2 aliphatic rings. The van der Waals surface area contributed by atoms with Gasteiger partial charge < -0.3 is 0 Å². The molecular formula is C42H36GeN4. The Kier molecular flexibility index (Phi) is 6.28. The fourth-order valence-corrected chi connectivity index (χ4v) is 19.6. The van der Waals surface area contributed by atoms with Crippen molar-refractivity contribution in [2.24, 2.45) is 0 Å². The van der Waals surface area contributed by atoms with Gasteiger partial charge in [-0.3, -0.25) is 0 Å². The maximum atomic E-state index is 5.21. The fraction of sp³-hybridized carbons (Fsp3) is 0.119. The van der Waals surface area contributed by atoms with E-state index in [9.17, 15) is 0 Å². The van der Waals surface area contributed by atoms with Crippen LogP contribution < -0.4 is 22.6 Å². The first kappa shape index (κ1) is 28.2. The van der Waals surface area contributed by atoms with Crippen molar-refractivity contribution in [3.63, 3.8) is 0 Å². The summed E-state index contributed by atoms with van der Waals surface area (Å²) in [5, 5.41) is 2.53. The van der Waals surface area contributed by atoms with Crippen LogP contribution in [0.2, 0.25) is 0 Å². The molecule has 0 fully saturated rings. The molecule has 4 nitrogen and oxygen atoms in total. The number of para-hydroxylation sites is 1. The molecule has 7 aromatic rings. The van der Waals surface area contributed by atoms with Crippen LogP contribution in [0.3, 0.4) is 0 Å². The molecule has 5 heteroatoms. The van der Waals surface area contributed by atoms with Crippen molar-refractivity contribution in [3.8, 4) is 5.69 Å². The van der Waals surface area contributed by atoms with Gasteiger partial charge in [-0.2, -0.15) is 0 Å². The van der Waals surface area contributed by atoms with Gasteiger partial charge >= 0.3 is 280 Å². The summed E-state index contributed by atoms with van der Waals surface area (Å²) in [6.07, 6.45) is 6.28. The third-order valence-electron chi connectivity index (χ3n) is 10.5. The van der Waals surface area contributed by atoms with Gasteiger partial charge in [0.25, 0.3) is 0 Å². The standard InChI is InChI=1S/C42H36GeN4/c1-42(2)35-16-5-7-18-37(35)43(41-21-10-11-24-44-41,38-19-8-6-17-36(38)42)30-13-12-14-32(27-30)47-39-20-9-4-15-33(39)34-23-22-31(28-40(34)47)46-26-25-45(3)29-46/h4-28H,29H2,1-3H3. The first-order chi connectivity index (χ1) is 23.0. The topological polar surface area (TPSA) is 24.3 Å². The Bertz CT molecular complexity index is 2300. The normalized spacial score (nSPS) is 16.1. The molecule has 2 aliphatic heterocycles. The van der Waals surface area contributed by atoms with Crippen LogP contribution in [0.4, 0.5) is 5.69 Å². The van der Waals surface area contributed by atoms with Crippen molar-refractivity contribution in [1.29, 1.82) is 0 Å². The van der Waals surface area contributed by atoms with Crippen LogP contribution in [-0.4, -0.2) is 41.4 Å². The Morgan fingerprint density at radius 2 is 1.32 bits per heavy atom. The van der Waals surface area contributed by atoms with E-state index in [0.29, 0.717) is 0 Å². The molecule has 4 heterocycles. The van der Waals surface area contributed by atoms with Crippen LogP contribution >= 0.6 is 0 Å². The van der Waals surface area contributed by atoms with E-state index in [4.69, 9.17) is 4.98 Å². The van der Waals surface area contributed by atoms with Crippen LogP contribution in [-0.2, 0) is 5.41 Å². The van der Waals surface area contributed by atoms with E-state index in [1.807, 2.05) is 12.3 Å². The Balaban J connectivity index is 1.35. The summed E-state index contributed by atoms with van der Waals surface area (Å²) in [7, 11) is 2.11. The zero-order valence-corrected chi connectivity index (χ0v) is 29.0. The molecule has 9 rings (SSSR count). The Morgan fingerprint density at radius 1 is 0.617 bits per heavy atom. The number of hydrogen-bond acceptors (Lipinski definition) is 3. The van der Waals surface area contributed by atoms with E-state index < -0.39 is 13.3 Å². The second-order valence-corrected chi connectivity index (χ2v) is 21.1. The zero-order valence-electron chi connectivity index (χ0n) is 26.9. The first-order valence-electron chi connectivity index (χ1n) is 16.4. The third kappa shape index (κ3) is 4.04. The predicted molar refractivity (Wildman–Crippen MR) is 199 cm³/mol. The number of hydrogen-bond donors (Lipinski definition) is 0. The molecule has 0 radical (unpaired) electrons. The second kappa shape index (κ2) is 10.5. The maximum absolute atomic E-state index is 5.21. The number of benzene rings is 5. The van der Waals surface area contributed by atoms with Gasteiger partial charge in [-0.1, -0.05) is 0 Å². The fourth-order valence-electron chi connectivity index (χ4n) is 8.31. The van der Waals surface area contributed by atoms with Gasteiger partial charge in [0, 0.05) is 0 Å². The molecule has 2 aromatic heterocycles. The molecule has 0 atom stereocenters. The summed E-state index contributed by atoms with van der Waals surface area (Å²) in [4.78, 5) is 9.72. The molecule has 0 saturated carbocycles. The van der Waals surface area contributed by atoms with E-state index in [-0.39, 0.29) is 5.41 Å². The second-order valence-electron chi connectivity index (χ2n) is 13.5. The number of pyridine rings is 1. The van der Waals surface area contributed by atoms with Crippen LogP contribution in [0.5, 0.6) is 0 Å². The molecule has 0 amide bonds. The van der Waals surface area contributed by atoms with Gasteiger partial charge in [-0.05, 0) is 0 Å². The Morgan fingerprint density at radius 3 is 2.04 bits per heavy atom. The van der Waals surface area contributed by atoms with Crippen molar-refractivity contribution < 1.29 is 0 Å². The van der Waals surface area contributed by atoms with E-state index in [1.54, 1.807) is 0 Å². The SMILES string of the molecule is CN1C=CN(c2ccc3c4ccccc4n(-c4ccc[c]([Ge]5([c]6ccccn6)[c]6ccccc6C(C)(C)c6cccc[c]65)c4)c3c2)C1. The molecule has 5 aromatic carbocycles. The number of aromatic nitrogens is 2. The number of fused-ring (bicyclic) bond motifs is 5. The number of nitrogens with zero attached hydrogens (tertiary/aromatic N) is 4. The average Bonchev–Trinajstić information content (AvgIpc) is 3.70. The minimum absolute atomic E-state index is 0.115. The van der Waals surface area contributed by atoms with Crippen LogP contribution in [0.25, 0.3) is 27.5 Å². The summed E-state index contributed by atoms with van der Waals surface area (Å²) in [5.74, 6) is 0. The minimum atomic E-state index is -3.61. The predicted octanol–water partition coefficient (Wildman–Crippen LogP) is 6.38. The molecule has 0 N–H and O–H groups in total. The van der Waals surface area contributed by atoms with Crippen molar-refractivity contribution >= 4 is 58.5 Å². The van der Waals surface area contributed by atoms with Crippen molar-refractivity contribution in [3.05, 3.63) is 163 Å². The van der Waals surface area contributed by atoms with E-state index >= 15 is 0 Å². The van der Waals surface area contributed by atoms with Crippen molar-refractivity contribution in [2.45, 2.75) is 19.3 Å². The van der Waals surface area contributed by atoms with Gasteiger partial charge in [0.2, 0.25) is 0 Å². The summed E-state index contributed by atoms with van der Waals surface area (Å²) >= 11 is -3.61. The monoisotopic (exact) mass is 670 g/mol. The molecule has 0 bridgehead atoms. The summed E-state index contributed by atoms with van der Waals surface area (Å²) in [5.41, 5.74) is 7.53. The number of anilines is 1. The zero-order chi connectivity index (χ0) is 31.8. The third-order valence-corrected chi connectivity index (χ3v) is 20.4. The molecule has 228 valence electrons. The van der Waals surface area contributed by atoms with Gasteiger partial charge in [-0.25, -0.2) is 0 Å². The van der Waals surface area contributed by atoms with E-state index in [2.05, 4.69) is 175 Å². The summed E-state index contributed by atoms with van der Waals surface area (Å²) in [6.45, 7) is 5.61. The van der Waals surface area contributed by atoms with Crippen LogP contribution in [0.1, 0.15) is 25.0 Å². The molecule has 47 heavy (non-hydrogen) atoms. The molecule has 0 unspecified atom stereocenters. The Hall–Kier alpha value is -5.07. The van der Waals surface area contributed by atoms with Crippen LogP contribution in [0.15, 0.2) is 152 Å².